The summed E-state index contributed by atoms with van der Waals surface area (Å²) in [5, 5.41) is 3.42. The van der Waals surface area contributed by atoms with Crippen LogP contribution in [0.5, 0.6) is 0 Å². The van der Waals surface area contributed by atoms with Crippen molar-refractivity contribution >= 4 is 0 Å². The fourth-order valence-corrected chi connectivity index (χ4v) is 2.11. The molecule has 0 amide bonds. The molecule has 0 aromatic carbocycles. The Bertz CT molecular complexity index is 70.4. The largest absolute Gasteiger partial charge is 0.316 e. The van der Waals surface area contributed by atoms with E-state index in [1.807, 2.05) is 0 Å². The first-order valence-corrected chi connectivity index (χ1v) is 3.67. The Balaban J connectivity index is 2.04. The Morgan fingerprint density at radius 1 is 1.00 bits per heavy atom. The van der Waals surface area contributed by atoms with Gasteiger partial charge in [0.2, 0.25) is 0 Å². The Morgan fingerprint density at radius 2 is 1.62 bits per heavy atom. The molecule has 2 aliphatic rings. The lowest BCUT2D eigenvalue weighted by Gasteiger charge is -2.02. The zero-order valence-corrected chi connectivity index (χ0v) is 5.19. The predicted molar refractivity (Wildman–Crippen MR) is 33.7 cm³/mol. The highest BCUT2D eigenvalue weighted by atomic mass is 14.9. The maximum Gasteiger partial charge on any atom is -0.00173 e. The Morgan fingerprint density at radius 3 is 2.25 bits per heavy atom. The van der Waals surface area contributed by atoms with Gasteiger partial charge in [-0.2, -0.15) is 0 Å². The molecule has 1 saturated carbocycles. The van der Waals surface area contributed by atoms with Crippen LogP contribution in [0.4, 0.5) is 0 Å². The van der Waals surface area contributed by atoms with Crippen molar-refractivity contribution < 1.29 is 0 Å². The van der Waals surface area contributed by atoms with E-state index in [2.05, 4.69) is 5.32 Å². The molecule has 2 fully saturated rings. The molecule has 8 heavy (non-hydrogen) atoms. The van der Waals surface area contributed by atoms with Crippen LogP contribution in [-0.4, -0.2) is 13.1 Å². The molecule has 1 heterocycles. The van der Waals surface area contributed by atoms with E-state index in [4.69, 9.17) is 0 Å². The van der Waals surface area contributed by atoms with Crippen molar-refractivity contribution in [2.75, 3.05) is 13.1 Å². The second-order valence-electron chi connectivity index (χ2n) is 3.11. The molecule has 46 valence electrons. The highest BCUT2D eigenvalue weighted by Gasteiger charge is 2.30. The third kappa shape index (κ3) is 0.576. The molecule has 0 radical (unpaired) electrons. The summed E-state index contributed by atoms with van der Waals surface area (Å²) in [6.07, 6.45) is 4.49. The standard InChI is InChI=1S/C7H13N/c1-2-6-4-8-5-7(6)3-1/h6-8H,1-5H2. The van der Waals surface area contributed by atoms with Gasteiger partial charge in [0, 0.05) is 0 Å². The molecule has 1 aliphatic carbocycles. The van der Waals surface area contributed by atoms with Crippen LogP contribution in [0.25, 0.3) is 0 Å². The van der Waals surface area contributed by atoms with E-state index in [1.165, 1.54) is 32.4 Å². The minimum absolute atomic E-state index is 1.06. The van der Waals surface area contributed by atoms with Crippen LogP contribution in [0.3, 0.4) is 0 Å². The van der Waals surface area contributed by atoms with Crippen LogP contribution >= 0.6 is 0 Å². The summed E-state index contributed by atoms with van der Waals surface area (Å²) in [4.78, 5) is 0. The first kappa shape index (κ1) is 4.80. The van der Waals surface area contributed by atoms with Crippen molar-refractivity contribution in [3.05, 3.63) is 0 Å². The van der Waals surface area contributed by atoms with Crippen molar-refractivity contribution in [2.24, 2.45) is 11.8 Å². The predicted octanol–water partition coefficient (Wildman–Crippen LogP) is 1.01. The molecule has 0 aromatic rings. The summed E-state index contributed by atoms with van der Waals surface area (Å²) in [5.41, 5.74) is 0. The number of hydrogen-bond donors (Lipinski definition) is 1. The maximum atomic E-state index is 3.42. The third-order valence-electron chi connectivity index (χ3n) is 2.63. The van der Waals surface area contributed by atoms with Gasteiger partial charge in [-0.15, -0.1) is 0 Å². The first-order valence-electron chi connectivity index (χ1n) is 3.67. The van der Waals surface area contributed by atoms with Crippen molar-refractivity contribution in [3.63, 3.8) is 0 Å². The topological polar surface area (TPSA) is 12.0 Å². The number of hydrogen-bond acceptors (Lipinski definition) is 1. The van der Waals surface area contributed by atoms with Crippen molar-refractivity contribution in [2.45, 2.75) is 19.3 Å². The van der Waals surface area contributed by atoms with Gasteiger partial charge in [-0.1, -0.05) is 6.42 Å². The van der Waals surface area contributed by atoms with Gasteiger partial charge in [-0.3, -0.25) is 0 Å². The summed E-state index contributed by atoms with van der Waals surface area (Å²) >= 11 is 0. The van der Waals surface area contributed by atoms with Gasteiger partial charge in [0.25, 0.3) is 0 Å². The minimum Gasteiger partial charge on any atom is -0.316 e. The minimum atomic E-state index is 1.06. The smallest absolute Gasteiger partial charge is 0.00173 e. The summed E-state index contributed by atoms with van der Waals surface area (Å²) in [6, 6.07) is 0. The monoisotopic (exact) mass is 111 g/mol. The highest BCUT2D eigenvalue weighted by Crippen LogP contribution is 2.33. The van der Waals surface area contributed by atoms with Crippen LogP contribution in [0.15, 0.2) is 0 Å². The van der Waals surface area contributed by atoms with Gasteiger partial charge in [0.05, 0.1) is 0 Å². The molecule has 1 saturated heterocycles. The normalized spacial score (nSPS) is 45.0. The lowest BCUT2D eigenvalue weighted by atomic mass is 10.0. The van der Waals surface area contributed by atoms with Gasteiger partial charge >= 0.3 is 0 Å². The van der Waals surface area contributed by atoms with Gasteiger partial charge < -0.3 is 5.32 Å². The van der Waals surface area contributed by atoms with Gasteiger partial charge in [-0.25, -0.2) is 0 Å². The van der Waals surface area contributed by atoms with Crippen LogP contribution in [0.2, 0.25) is 0 Å². The number of fused-ring (bicyclic) bond motifs is 1. The molecule has 1 nitrogen and oxygen atoms in total. The summed E-state index contributed by atoms with van der Waals surface area (Å²) in [6.45, 7) is 2.62. The van der Waals surface area contributed by atoms with Crippen molar-refractivity contribution in [3.8, 4) is 0 Å². The molecular formula is C7H13N. The third-order valence-corrected chi connectivity index (χ3v) is 2.63. The van der Waals surface area contributed by atoms with Crippen molar-refractivity contribution in [1.29, 1.82) is 0 Å². The van der Waals surface area contributed by atoms with Gasteiger partial charge in [0.15, 0.2) is 0 Å². The molecular weight excluding hydrogens is 98.1 g/mol. The van der Waals surface area contributed by atoms with Crippen LogP contribution in [-0.2, 0) is 0 Å². The van der Waals surface area contributed by atoms with Crippen LogP contribution in [0.1, 0.15) is 19.3 Å². The molecule has 2 rings (SSSR count). The molecule has 0 bridgehead atoms. The zero-order chi connectivity index (χ0) is 5.40. The van der Waals surface area contributed by atoms with E-state index in [9.17, 15) is 0 Å². The second kappa shape index (κ2) is 1.73. The highest BCUT2D eigenvalue weighted by molar-refractivity contribution is 4.85. The summed E-state index contributed by atoms with van der Waals surface area (Å²) < 4.78 is 0. The molecule has 1 aliphatic heterocycles. The zero-order valence-electron chi connectivity index (χ0n) is 5.19. The fraction of sp³-hybridized carbons (Fsp3) is 1.00. The average Bonchev–Trinajstić information content (AvgIpc) is 2.15. The average molecular weight is 111 g/mol. The fourth-order valence-electron chi connectivity index (χ4n) is 2.11. The molecule has 0 spiro atoms. The lowest BCUT2D eigenvalue weighted by molar-refractivity contribution is 0.494. The molecule has 0 aromatic heterocycles. The SMILES string of the molecule is C1CC2CNCC2C1. The Labute approximate surface area is 50.5 Å². The van der Waals surface area contributed by atoms with E-state index < -0.39 is 0 Å². The lowest BCUT2D eigenvalue weighted by Crippen LogP contribution is -2.08. The molecule has 1 N–H and O–H groups in total. The Hall–Kier alpha value is -0.0400. The number of nitrogens with one attached hydrogen (secondary N) is 1. The number of rotatable bonds is 0. The molecule has 2 atom stereocenters. The second-order valence-corrected chi connectivity index (χ2v) is 3.11. The summed E-state index contributed by atoms with van der Waals surface area (Å²) in [7, 11) is 0. The Kier molecular flexibility index (Phi) is 1.04. The van der Waals surface area contributed by atoms with Gasteiger partial charge in [-0.05, 0) is 37.8 Å². The van der Waals surface area contributed by atoms with E-state index in [0.717, 1.165) is 11.8 Å². The molecule has 1 heteroatoms. The van der Waals surface area contributed by atoms with Crippen LogP contribution in [0, 0.1) is 11.8 Å². The van der Waals surface area contributed by atoms with E-state index >= 15 is 0 Å². The molecule has 2 unspecified atom stereocenters. The van der Waals surface area contributed by atoms with E-state index in [-0.39, 0.29) is 0 Å². The van der Waals surface area contributed by atoms with Crippen molar-refractivity contribution in [1.82, 2.24) is 5.32 Å². The van der Waals surface area contributed by atoms with Crippen LogP contribution < -0.4 is 5.32 Å². The first-order chi connectivity index (χ1) is 3.97. The maximum absolute atomic E-state index is 3.42. The van der Waals surface area contributed by atoms with E-state index in [1.54, 1.807) is 0 Å². The van der Waals surface area contributed by atoms with Gasteiger partial charge in [0.1, 0.15) is 0 Å². The van der Waals surface area contributed by atoms with E-state index in [0.29, 0.717) is 0 Å². The summed E-state index contributed by atoms with van der Waals surface area (Å²) in [5.74, 6) is 2.13. The quantitative estimate of drug-likeness (QED) is 0.492.